The van der Waals surface area contributed by atoms with Gasteiger partial charge in [-0.05, 0) is 38.1 Å². The Bertz CT molecular complexity index is 779. The van der Waals surface area contributed by atoms with Gasteiger partial charge >= 0.3 is 0 Å². The maximum absolute atomic E-state index is 6.01. The van der Waals surface area contributed by atoms with Gasteiger partial charge in [-0.1, -0.05) is 29.8 Å². The number of nitrogens with one attached hydrogen (secondary N) is 1. The van der Waals surface area contributed by atoms with Crippen LogP contribution in [0.15, 0.2) is 48.5 Å². The molecular weight excluding hydrogens is 260 g/mol. The van der Waals surface area contributed by atoms with E-state index in [0.29, 0.717) is 0 Å². The first-order chi connectivity index (χ1) is 10.2. The number of hydrogen-bond donors (Lipinski definition) is 1. The van der Waals surface area contributed by atoms with Gasteiger partial charge in [0, 0.05) is 23.8 Å². The molecule has 0 atom stereocenters. The Morgan fingerprint density at radius 2 is 1.76 bits per heavy atom. The van der Waals surface area contributed by atoms with Crippen molar-refractivity contribution in [1.29, 1.82) is 0 Å². The number of para-hydroxylation sites is 1. The second-order valence-electron chi connectivity index (χ2n) is 5.13. The number of hydrogen-bond acceptors (Lipinski definition) is 3. The lowest BCUT2D eigenvalue weighted by atomic mass is 10.1. The summed E-state index contributed by atoms with van der Waals surface area (Å²) in [4.78, 5) is 4.63. The van der Waals surface area contributed by atoms with Crippen molar-refractivity contribution in [2.24, 2.45) is 0 Å². The minimum absolute atomic E-state index is 0.775. The number of ether oxygens (including phenoxy) is 1. The van der Waals surface area contributed by atoms with E-state index in [1.54, 1.807) is 0 Å². The summed E-state index contributed by atoms with van der Waals surface area (Å²) < 4.78 is 6.01. The van der Waals surface area contributed by atoms with E-state index in [4.69, 9.17) is 4.74 Å². The Labute approximate surface area is 124 Å². The zero-order valence-corrected chi connectivity index (χ0v) is 12.5. The van der Waals surface area contributed by atoms with Crippen LogP contribution in [0.2, 0.25) is 0 Å². The van der Waals surface area contributed by atoms with E-state index in [0.717, 1.165) is 33.8 Å². The molecule has 3 heteroatoms. The number of fused-ring (bicyclic) bond motifs is 1. The topological polar surface area (TPSA) is 34.2 Å². The van der Waals surface area contributed by atoms with Gasteiger partial charge in [0.25, 0.3) is 0 Å². The molecular formula is C18H18N2O. The SMILES string of the molecule is CNc1cc(C)nc2c(Oc3ccc(C)cc3)cccc12. The van der Waals surface area contributed by atoms with Gasteiger partial charge in [0.05, 0.1) is 0 Å². The molecule has 0 aliphatic rings. The second-order valence-corrected chi connectivity index (χ2v) is 5.13. The van der Waals surface area contributed by atoms with Crippen LogP contribution in [0.3, 0.4) is 0 Å². The van der Waals surface area contributed by atoms with Crippen molar-refractivity contribution < 1.29 is 4.74 Å². The Hall–Kier alpha value is -2.55. The molecule has 0 bridgehead atoms. The van der Waals surface area contributed by atoms with E-state index in [1.165, 1.54) is 5.56 Å². The van der Waals surface area contributed by atoms with Gasteiger partial charge in [-0.3, -0.25) is 0 Å². The molecule has 3 nitrogen and oxygen atoms in total. The summed E-state index contributed by atoms with van der Waals surface area (Å²) >= 11 is 0. The monoisotopic (exact) mass is 278 g/mol. The third-order valence-corrected chi connectivity index (χ3v) is 3.45. The molecule has 0 amide bonds. The third-order valence-electron chi connectivity index (χ3n) is 3.45. The van der Waals surface area contributed by atoms with E-state index in [2.05, 4.69) is 23.3 Å². The molecule has 3 aromatic rings. The molecule has 21 heavy (non-hydrogen) atoms. The highest BCUT2D eigenvalue weighted by Gasteiger charge is 2.09. The number of nitrogens with zero attached hydrogens (tertiary/aromatic N) is 1. The van der Waals surface area contributed by atoms with Crippen molar-refractivity contribution in [2.45, 2.75) is 13.8 Å². The van der Waals surface area contributed by atoms with Crippen molar-refractivity contribution in [3.05, 3.63) is 59.8 Å². The summed E-state index contributed by atoms with van der Waals surface area (Å²) in [5.74, 6) is 1.60. The lowest BCUT2D eigenvalue weighted by Gasteiger charge is -2.12. The fourth-order valence-corrected chi connectivity index (χ4v) is 2.37. The average molecular weight is 278 g/mol. The van der Waals surface area contributed by atoms with E-state index < -0.39 is 0 Å². The molecule has 0 aliphatic heterocycles. The molecule has 1 heterocycles. The average Bonchev–Trinajstić information content (AvgIpc) is 2.49. The predicted molar refractivity (Wildman–Crippen MR) is 87.3 cm³/mol. The molecule has 0 spiro atoms. The first-order valence-corrected chi connectivity index (χ1v) is 7.00. The summed E-state index contributed by atoms with van der Waals surface area (Å²) in [6, 6.07) is 16.1. The molecule has 0 saturated carbocycles. The maximum atomic E-state index is 6.01. The van der Waals surface area contributed by atoms with Crippen LogP contribution in [-0.2, 0) is 0 Å². The summed E-state index contributed by atoms with van der Waals surface area (Å²) in [6.45, 7) is 4.05. The zero-order chi connectivity index (χ0) is 14.8. The first kappa shape index (κ1) is 13.4. The Kier molecular flexibility index (Phi) is 3.48. The number of benzene rings is 2. The quantitative estimate of drug-likeness (QED) is 0.755. The third kappa shape index (κ3) is 2.68. The van der Waals surface area contributed by atoms with Crippen LogP contribution in [0.1, 0.15) is 11.3 Å². The van der Waals surface area contributed by atoms with Gasteiger partial charge in [-0.2, -0.15) is 0 Å². The van der Waals surface area contributed by atoms with Crippen molar-refractivity contribution in [3.63, 3.8) is 0 Å². The molecule has 2 aromatic carbocycles. The van der Waals surface area contributed by atoms with E-state index in [1.807, 2.05) is 56.4 Å². The maximum Gasteiger partial charge on any atom is 0.153 e. The van der Waals surface area contributed by atoms with Crippen molar-refractivity contribution >= 4 is 16.6 Å². The van der Waals surface area contributed by atoms with Gasteiger partial charge < -0.3 is 10.1 Å². The minimum Gasteiger partial charge on any atom is -0.455 e. The smallest absolute Gasteiger partial charge is 0.153 e. The molecule has 0 saturated heterocycles. The molecule has 106 valence electrons. The highest BCUT2D eigenvalue weighted by molar-refractivity contribution is 5.95. The lowest BCUT2D eigenvalue weighted by Crippen LogP contribution is -1.95. The molecule has 0 unspecified atom stereocenters. The molecule has 0 fully saturated rings. The zero-order valence-electron chi connectivity index (χ0n) is 12.5. The van der Waals surface area contributed by atoms with Crippen LogP contribution in [-0.4, -0.2) is 12.0 Å². The standard InChI is InChI=1S/C18H18N2O/c1-12-7-9-14(10-8-12)21-17-6-4-5-15-16(19-3)11-13(2)20-18(15)17/h4-11H,1-3H3,(H,19,20). The van der Waals surface area contributed by atoms with Gasteiger partial charge in [0.2, 0.25) is 0 Å². The lowest BCUT2D eigenvalue weighted by molar-refractivity contribution is 0.487. The van der Waals surface area contributed by atoms with Crippen LogP contribution in [0, 0.1) is 13.8 Å². The van der Waals surface area contributed by atoms with E-state index in [-0.39, 0.29) is 0 Å². The Morgan fingerprint density at radius 1 is 1.00 bits per heavy atom. The Morgan fingerprint density at radius 3 is 2.48 bits per heavy atom. The molecule has 3 rings (SSSR count). The van der Waals surface area contributed by atoms with Crippen LogP contribution in [0.4, 0.5) is 5.69 Å². The van der Waals surface area contributed by atoms with Crippen LogP contribution in [0.5, 0.6) is 11.5 Å². The summed E-state index contributed by atoms with van der Waals surface area (Å²) in [7, 11) is 1.92. The summed E-state index contributed by atoms with van der Waals surface area (Å²) in [5, 5.41) is 4.28. The van der Waals surface area contributed by atoms with Crippen LogP contribution < -0.4 is 10.1 Å². The molecule has 0 aliphatic carbocycles. The molecule has 0 radical (unpaired) electrons. The number of anilines is 1. The molecule has 1 aromatic heterocycles. The van der Waals surface area contributed by atoms with E-state index >= 15 is 0 Å². The van der Waals surface area contributed by atoms with Crippen LogP contribution >= 0.6 is 0 Å². The fourth-order valence-electron chi connectivity index (χ4n) is 2.37. The van der Waals surface area contributed by atoms with Crippen molar-refractivity contribution in [3.8, 4) is 11.5 Å². The predicted octanol–water partition coefficient (Wildman–Crippen LogP) is 4.69. The van der Waals surface area contributed by atoms with Crippen LogP contribution in [0.25, 0.3) is 10.9 Å². The fraction of sp³-hybridized carbons (Fsp3) is 0.167. The number of aryl methyl sites for hydroxylation is 2. The van der Waals surface area contributed by atoms with Crippen molar-refractivity contribution in [1.82, 2.24) is 4.98 Å². The van der Waals surface area contributed by atoms with Gasteiger partial charge in [-0.25, -0.2) is 4.98 Å². The largest absolute Gasteiger partial charge is 0.455 e. The van der Waals surface area contributed by atoms with E-state index in [9.17, 15) is 0 Å². The number of pyridine rings is 1. The normalized spacial score (nSPS) is 10.6. The minimum atomic E-state index is 0.775. The highest BCUT2D eigenvalue weighted by atomic mass is 16.5. The summed E-state index contributed by atoms with van der Waals surface area (Å²) in [6.07, 6.45) is 0. The highest BCUT2D eigenvalue weighted by Crippen LogP contribution is 2.32. The van der Waals surface area contributed by atoms with Gasteiger partial charge in [0.15, 0.2) is 5.75 Å². The number of rotatable bonds is 3. The summed E-state index contributed by atoms with van der Waals surface area (Å²) in [5.41, 5.74) is 4.12. The first-order valence-electron chi connectivity index (χ1n) is 7.00. The Balaban J connectivity index is 2.10. The second kappa shape index (κ2) is 5.44. The van der Waals surface area contributed by atoms with Crippen molar-refractivity contribution in [2.75, 3.05) is 12.4 Å². The van der Waals surface area contributed by atoms with Gasteiger partial charge in [0.1, 0.15) is 11.3 Å². The number of aromatic nitrogens is 1. The molecule has 1 N–H and O–H groups in total. The van der Waals surface area contributed by atoms with Gasteiger partial charge in [-0.15, -0.1) is 0 Å².